The van der Waals surface area contributed by atoms with Gasteiger partial charge in [-0.2, -0.15) is 0 Å². The molecule has 0 aromatic heterocycles. The van der Waals surface area contributed by atoms with Crippen LogP contribution in [0.3, 0.4) is 0 Å². The summed E-state index contributed by atoms with van der Waals surface area (Å²) in [5.41, 5.74) is 2.19. The molecule has 0 amide bonds. The van der Waals surface area contributed by atoms with Crippen molar-refractivity contribution in [1.82, 2.24) is 0 Å². The lowest BCUT2D eigenvalue weighted by Gasteiger charge is -2.10. The molecule has 0 aromatic rings. The first kappa shape index (κ1) is 10.2. The van der Waals surface area contributed by atoms with E-state index in [1.54, 1.807) is 0 Å². The molecule has 0 spiro atoms. The van der Waals surface area contributed by atoms with Crippen molar-refractivity contribution in [2.45, 2.75) is 26.6 Å². The van der Waals surface area contributed by atoms with Crippen molar-refractivity contribution in [2.75, 3.05) is 6.61 Å². The predicted molar refractivity (Wildman–Crippen MR) is 52.0 cm³/mol. The molecule has 0 bridgehead atoms. The van der Waals surface area contributed by atoms with E-state index in [4.69, 9.17) is 4.74 Å². The Bertz CT molecular complexity index is 126. The average Bonchev–Trinajstić information content (AvgIpc) is 1.59. The van der Waals surface area contributed by atoms with E-state index in [0.717, 1.165) is 11.3 Å². The topological polar surface area (TPSA) is 9.23 Å². The number of rotatable bonds is 3. The van der Waals surface area contributed by atoms with Crippen LogP contribution in [-0.2, 0) is 4.74 Å². The molecule has 0 fully saturated rings. The lowest BCUT2D eigenvalue weighted by atomic mass is 10.9. The quantitative estimate of drug-likeness (QED) is 0.527. The summed E-state index contributed by atoms with van der Waals surface area (Å²) >= 11 is 3.35. The number of ether oxygens (including phenoxy) is 1. The van der Waals surface area contributed by atoms with Crippen LogP contribution in [-0.4, -0.2) is 14.7 Å². The summed E-state index contributed by atoms with van der Waals surface area (Å²) in [4.78, 5) is 0. The van der Waals surface area contributed by atoms with Gasteiger partial charge < -0.3 is 4.74 Å². The SMILES string of the molecule is CCO/C(Br)=C\[Si](C)(C)C. The molecule has 3 heteroatoms. The van der Waals surface area contributed by atoms with Crippen LogP contribution in [0, 0.1) is 0 Å². The Labute approximate surface area is 72.6 Å². The van der Waals surface area contributed by atoms with E-state index in [2.05, 4.69) is 41.3 Å². The molecule has 60 valence electrons. The van der Waals surface area contributed by atoms with Crippen molar-refractivity contribution in [1.29, 1.82) is 0 Å². The summed E-state index contributed by atoms with van der Waals surface area (Å²) in [7, 11) is -1.09. The third-order valence-corrected chi connectivity index (χ3v) is 2.84. The average molecular weight is 223 g/mol. The molecular weight excluding hydrogens is 208 g/mol. The van der Waals surface area contributed by atoms with Crippen molar-refractivity contribution in [2.24, 2.45) is 0 Å². The predicted octanol–water partition coefficient (Wildman–Crippen LogP) is 3.14. The number of halogens is 1. The minimum absolute atomic E-state index is 0.738. The lowest BCUT2D eigenvalue weighted by molar-refractivity contribution is 0.261. The Morgan fingerprint density at radius 2 is 2.00 bits per heavy atom. The highest BCUT2D eigenvalue weighted by atomic mass is 79.9. The Kier molecular flexibility index (Phi) is 4.28. The van der Waals surface area contributed by atoms with Gasteiger partial charge in [0.1, 0.15) is 0 Å². The van der Waals surface area contributed by atoms with Crippen molar-refractivity contribution in [3.8, 4) is 0 Å². The molecule has 0 unspecified atom stereocenters. The van der Waals surface area contributed by atoms with Crippen LogP contribution in [0.4, 0.5) is 0 Å². The molecule has 0 saturated carbocycles. The van der Waals surface area contributed by atoms with Crippen LogP contribution in [0.5, 0.6) is 0 Å². The van der Waals surface area contributed by atoms with Gasteiger partial charge in [-0.3, -0.25) is 0 Å². The normalized spacial score (nSPS) is 13.5. The van der Waals surface area contributed by atoms with Gasteiger partial charge >= 0.3 is 0 Å². The van der Waals surface area contributed by atoms with Gasteiger partial charge in [0.15, 0.2) is 4.67 Å². The molecule has 10 heavy (non-hydrogen) atoms. The number of hydrogen-bond donors (Lipinski definition) is 0. The monoisotopic (exact) mass is 222 g/mol. The van der Waals surface area contributed by atoms with Gasteiger partial charge in [0.25, 0.3) is 0 Å². The van der Waals surface area contributed by atoms with Crippen molar-refractivity contribution in [3.05, 3.63) is 10.4 Å². The largest absolute Gasteiger partial charge is 0.488 e. The summed E-state index contributed by atoms with van der Waals surface area (Å²) in [6.45, 7) is 9.54. The van der Waals surface area contributed by atoms with Crippen LogP contribution in [0.15, 0.2) is 10.4 Å². The zero-order chi connectivity index (χ0) is 8.20. The van der Waals surface area contributed by atoms with Crippen molar-refractivity contribution < 1.29 is 4.74 Å². The fourth-order valence-corrected chi connectivity index (χ4v) is 3.57. The molecular formula is C7H15BrOSi. The van der Waals surface area contributed by atoms with Crippen LogP contribution in [0.1, 0.15) is 6.92 Å². The summed E-state index contributed by atoms with van der Waals surface area (Å²) in [6.07, 6.45) is 0. The maximum Gasteiger partial charge on any atom is 0.154 e. The van der Waals surface area contributed by atoms with E-state index >= 15 is 0 Å². The second-order valence-corrected chi connectivity index (χ2v) is 9.05. The molecule has 0 aliphatic rings. The highest BCUT2D eigenvalue weighted by Gasteiger charge is 2.09. The third-order valence-electron chi connectivity index (χ3n) is 0.829. The van der Waals surface area contributed by atoms with E-state index in [9.17, 15) is 0 Å². The number of hydrogen-bond acceptors (Lipinski definition) is 1. The fraction of sp³-hybridized carbons (Fsp3) is 0.714. The summed E-state index contributed by atoms with van der Waals surface area (Å²) in [5.74, 6) is 0. The van der Waals surface area contributed by atoms with E-state index in [-0.39, 0.29) is 0 Å². The van der Waals surface area contributed by atoms with Crippen molar-refractivity contribution >= 4 is 24.0 Å². The highest BCUT2D eigenvalue weighted by molar-refractivity contribution is 9.11. The van der Waals surface area contributed by atoms with Gasteiger partial charge in [-0.05, 0) is 28.6 Å². The third kappa shape index (κ3) is 6.36. The molecule has 0 saturated heterocycles. The second kappa shape index (κ2) is 4.19. The van der Waals surface area contributed by atoms with Gasteiger partial charge in [-0.25, -0.2) is 0 Å². The standard InChI is InChI=1S/C7H15BrOSi/c1-5-9-7(8)6-10(2,3)4/h6H,5H2,1-4H3/b7-6-. The maximum absolute atomic E-state index is 5.23. The Morgan fingerprint density at radius 3 is 2.30 bits per heavy atom. The van der Waals surface area contributed by atoms with Crippen LogP contribution in [0.2, 0.25) is 19.6 Å². The molecule has 0 aliphatic carbocycles. The van der Waals surface area contributed by atoms with Crippen LogP contribution >= 0.6 is 15.9 Å². The van der Waals surface area contributed by atoms with E-state index < -0.39 is 8.07 Å². The van der Waals surface area contributed by atoms with Gasteiger partial charge in [-0.1, -0.05) is 19.6 Å². The van der Waals surface area contributed by atoms with Crippen LogP contribution < -0.4 is 0 Å². The van der Waals surface area contributed by atoms with E-state index in [1.807, 2.05) is 6.92 Å². The van der Waals surface area contributed by atoms with Gasteiger partial charge in [-0.15, -0.1) is 0 Å². The molecule has 0 atom stereocenters. The highest BCUT2D eigenvalue weighted by Crippen LogP contribution is 2.12. The summed E-state index contributed by atoms with van der Waals surface area (Å²) < 4.78 is 6.13. The van der Waals surface area contributed by atoms with Crippen molar-refractivity contribution in [3.63, 3.8) is 0 Å². The second-order valence-electron chi connectivity index (χ2n) is 3.25. The maximum atomic E-state index is 5.23. The molecule has 0 heterocycles. The first-order valence-electron chi connectivity index (χ1n) is 3.47. The van der Waals surface area contributed by atoms with E-state index in [1.165, 1.54) is 0 Å². The molecule has 1 nitrogen and oxygen atoms in total. The first-order chi connectivity index (χ1) is 4.45. The van der Waals surface area contributed by atoms with E-state index in [0.29, 0.717) is 0 Å². The van der Waals surface area contributed by atoms with Gasteiger partial charge in [0.05, 0.1) is 14.7 Å². The lowest BCUT2D eigenvalue weighted by Crippen LogP contribution is -2.16. The minimum atomic E-state index is -1.09. The molecule has 0 N–H and O–H groups in total. The Balaban J connectivity index is 3.90. The zero-order valence-corrected chi connectivity index (χ0v) is 9.66. The molecule has 0 radical (unpaired) electrons. The Morgan fingerprint density at radius 1 is 1.50 bits per heavy atom. The Hall–Kier alpha value is 0.237. The summed E-state index contributed by atoms with van der Waals surface area (Å²) in [6, 6.07) is 0. The molecule has 0 aliphatic heterocycles. The molecule has 0 rings (SSSR count). The van der Waals surface area contributed by atoms with Gasteiger partial charge in [0, 0.05) is 0 Å². The van der Waals surface area contributed by atoms with Gasteiger partial charge in [0.2, 0.25) is 0 Å². The fourth-order valence-electron chi connectivity index (χ4n) is 0.520. The summed E-state index contributed by atoms with van der Waals surface area (Å²) in [5, 5.41) is 0. The zero-order valence-electron chi connectivity index (χ0n) is 7.07. The minimum Gasteiger partial charge on any atom is -0.488 e. The smallest absolute Gasteiger partial charge is 0.154 e. The van der Waals surface area contributed by atoms with Crippen LogP contribution in [0.25, 0.3) is 0 Å². The first-order valence-corrected chi connectivity index (χ1v) is 7.84. The molecule has 0 aromatic carbocycles.